The highest BCUT2D eigenvalue weighted by Crippen LogP contribution is 2.34. The number of amides is 1. The van der Waals surface area contributed by atoms with Crippen LogP contribution < -0.4 is 0 Å². The minimum atomic E-state index is -0.386. The number of hydrogen-bond donors (Lipinski definition) is 0. The highest BCUT2D eigenvalue weighted by molar-refractivity contribution is 9.10. The molecular weight excluding hydrogens is 413 g/mol. The summed E-state index contributed by atoms with van der Waals surface area (Å²) in [5, 5.41) is 0. The van der Waals surface area contributed by atoms with Gasteiger partial charge in [-0.15, -0.1) is 6.58 Å². The molecule has 0 atom stereocenters. The quantitative estimate of drug-likeness (QED) is 0.382. The van der Waals surface area contributed by atoms with Crippen LogP contribution in [0.1, 0.15) is 5.76 Å². The first kappa shape index (κ1) is 17.1. The Bertz CT molecular complexity index is 875. The van der Waals surface area contributed by atoms with Crippen molar-refractivity contribution in [2.24, 2.45) is 0 Å². The third-order valence-corrected chi connectivity index (χ3v) is 5.15. The lowest BCUT2D eigenvalue weighted by atomic mass is 10.1. The van der Waals surface area contributed by atoms with Crippen molar-refractivity contribution in [2.45, 2.75) is 0 Å². The Labute approximate surface area is 156 Å². The van der Waals surface area contributed by atoms with Crippen molar-refractivity contribution in [1.29, 1.82) is 0 Å². The number of nitrogens with zero attached hydrogens (tertiary/aromatic N) is 1. The molecule has 1 saturated heterocycles. The smallest absolute Gasteiger partial charge is 0.266 e. The third-order valence-electron chi connectivity index (χ3n) is 3.28. The Morgan fingerprint density at radius 3 is 2.88 bits per heavy atom. The molecule has 1 fully saturated rings. The van der Waals surface area contributed by atoms with Crippen molar-refractivity contribution in [3.05, 3.63) is 63.9 Å². The van der Waals surface area contributed by atoms with Crippen LogP contribution >= 0.6 is 39.9 Å². The van der Waals surface area contributed by atoms with Gasteiger partial charge in [0.2, 0.25) is 0 Å². The van der Waals surface area contributed by atoms with Crippen molar-refractivity contribution in [3.8, 4) is 11.3 Å². The fraction of sp³-hybridized carbons (Fsp3) is 0.0588. The van der Waals surface area contributed by atoms with Crippen LogP contribution in [0.2, 0.25) is 0 Å². The van der Waals surface area contributed by atoms with Gasteiger partial charge in [-0.3, -0.25) is 9.69 Å². The van der Waals surface area contributed by atoms with E-state index < -0.39 is 0 Å². The molecule has 0 bridgehead atoms. The summed E-state index contributed by atoms with van der Waals surface area (Å²) in [6.07, 6.45) is 3.23. The van der Waals surface area contributed by atoms with Crippen molar-refractivity contribution in [2.75, 3.05) is 6.54 Å². The maximum absolute atomic E-state index is 14.0. The summed E-state index contributed by atoms with van der Waals surface area (Å²) in [5.74, 6) is 0.291. The fourth-order valence-corrected chi connectivity index (χ4v) is 3.77. The molecule has 2 heterocycles. The van der Waals surface area contributed by atoms with Gasteiger partial charge in [0.1, 0.15) is 21.7 Å². The van der Waals surface area contributed by atoms with Crippen LogP contribution in [0.15, 0.2) is 56.8 Å². The van der Waals surface area contributed by atoms with E-state index in [1.165, 1.54) is 22.7 Å². The second-order valence-corrected chi connectivity index (χ2v) is 7.50. The second kappa shape index (κ2) is 7.04. The Kier molecular flexibility index (Phi) is 5.03. The Balaban J connectivity index is 1.88. The fourth-order valence-electron chi connectivity index (χ4n) is 2.18. The van der Waals surface area contributed by atoms with Gasteiger partial charge in [0.15, 0.2) is 0 Å². The first-order chi connectivity index (χ1) is 11.5. The van der Waals surface area contributed by atoms with Crippen LogP contribution in [-0.4, -0.2) is 21.7 Å². The zero-order valence-corrected chi connectivity index (χ0v) is 15.5. The van der Waals surface area contributed by atoms with E-state index in [4.69, 9.17) is 16.6 Å². The largest absolute Gasteiger partial charge is 0.457 e. The number of carbonyl (C=O) groups excluding carboxylic acids is 1. The standard InChI is InChI=1S/C17H11BrFNO2S2/c1-2-7-20-16(21)15(24-17(20)23)9-11-4-6-14(22-11)12-5-3-10(18)8-13(12)19/h2-6,8-9H,1,7H2. The normalized spacial score (nSPS) is 16.2. The zero-order chi connectivity index (χ0) is 17.3. The average molecular weight is 424 g/mol. The molecule has 7 heteroatoms. The SMILES string of the molecule is C=CCN1C(=O)C(=Cc2ccc(-c3ccc(Br)cc3F)o2)SC1=S. The van der Waals surface area contributed by atoms with Crippen LogP contribution in [0.4, 0.5) is 4.39 Å². The molecule has 0 saturated carbocycles. The van der Waals surface area contributed by atoms with E-state index in [0.29, 0.717) is 37.3 Å². The van der Waals surface area contributed by atoms with E-state index in [-0.39, 0.29) is 11.7 Å². The van der Waals surface area contributed by atoms with E-state index in [0.717, 1.165) is 0 Å². The first-order valence-corrected chi connectivity index (χ1v) is 8.93. The van der Waals surface area contributed by atoms with Crippen LogP contribution in [0, 0.1) is 5.82 Å². The summed E-state index contributed by atoms with van der Waals surface area (Å²) in [5.41, 5.74) is 0.358. The molecule has 0 unspecified atom stereocenters. The number of carbonyl (C=O) groups is 1. The minimum absolute atomic E-state index is 0.183. The maximum Gasteiger partial charge on any atom is 0.266 e. The van der Waals surface area contributed by atoms with Gasteiger partial charge < -0.3 is 4.42 Å². The van der Waals surface area contributed by atoms with E-state index in [9.17, 15) is 9.18 Å². The lowest BCUT2D eigenvalue weighted by molar-refractivity contribution is -0.121. The van der Waals surface area contributed by atoms with Gasteiger partial charge in [0.25, 0.3) is 5.91 Å². The van der Waals surface area contributed by atoms with Crippen LogP contribution in [0.25, 0.3) is 17.4 Å². The highest BCUT2D eigenvalue weighted by atomic mass is 79.9. The van der Waals surface area contributed by atoms with E-state index in [1.807, 2.05) is 0 Å². The molecule has 0 spiro atoms. The van der Waals surface area contributed by atoms with Gasteiger partial charge in [-0.05, 0) is 30.3 Å². The Morgan fingerprint density at radius 2 is 2.17 bits per heavy atom. The molecular formula is C17H11BrFNO2S2. The summed E-state index contributed by atoms with van der Waals surface area (Å²) < 4.78 is 20.8. The van der Waals surface area contributed by atoms with Crippen LogP contribution in [0.5, 0.6) is 0 Å². The molecule has 1 aliphatic heterocycles. The lowest BCUT2D eigenvalue weighted by Gasteiger charge is -2.10. The van der Waals surface area contributed by atoms with Crippen LogP contribution in [-0.2, 0) is 4.79 Å². The van der Waals surface area contributed by atoms with Crippen LogP contribution in [0.3, 0.4) is 0 Å². The topological polar surface area (TPSA) is 33.5 Å². The third kappa shape index (κ3) is 3.38. The van der Waals surface area contributed by atoms with Crippen molar-refractivity contribution < 1.29 is 13.6 Å². The lowest BCUT2D eigenvalue weighted by Crippen LogP contribution is -2.27. The number of rotatable bonds is 4. The molecule has 24 heavy (non-hydrogen) atoms. The minimum Gasteiger partial charge on any atom is -0.457 e. The molecule has 0 N–H and O–H groups in total. The molecule has 1 amide bonds. The molecule has 1 aromatic heterocycles. The number of halogens is 2. The average Bonchev–Trinajstić information content (AvgIpc) is 3.08. The van der Waals surface area contributed by atoms with Gasteiger partial charge in [0.05, 0.1) is 10.5 Å². The zero-order valence-electron chi connectivity index (χ0n) is 12.3. The van der Waals surface area contributed by atoms with Crippen molar-refractivity contribution in [3.63, 3.8) is 0 Å². The van der Waals surface area contributed by atoms with E-state index in [2.05, 4.69) is 22.5 Å². The summed E-state index contributed by atoms with van der Waals surface area (Å²) in [6, 6.07) is 8.10. The van der Waals surface area contributed by atoms with Crippen molar-refractivity contribution in [1.82, 2.24) is 4.90 Å². The predicted octanol–water partition coefficient (Wildman–Crippen LogP) is 5.24. The summed E-state index contributed by atoms with van der Waals surface area (Å²) in [4.78, 5) is 14.2. The number of thioether (sulfide) groups is 1. The molecule has 3 nitrogen and oxygen atoms in total. The summed E-state index contributed by atoms with van der Waals surface area (Å²) in [6.45, 7) is 3.98. The number of thiocarbonyl (C=S) groups is 1. The molecule has 3 rings (SSSR count). The second-order valence-electron chi connectivity index (χ2n) is 4.91. The van der Waals surface area contributed by atoms with E-state index in [1.54, 1.807) is 36.4 Å². The van der Waals surface area contributed by atoms with Gasteiger partial charge in [-0.25, -0.2) is 4.39 Å². The number of benzene rings is 1. The number of hydrogen-bond acceptors (Lipinski definition) is 4. The molecule has 122 valence electrons. The molecule has 2 aromatic rings. The molecule has 1 aliphatic rings. The molecule has 0 aliphatic carbocycles. The molecule has 1 aromatic carbocycles. The predicted molar refractivity (Wildman–Crippen MR) is 102 cm³/mol. The van der Waals surface area contributed by atoms with Gasteiger partial charge in [-0.1, -0.05) is 46.0 Å². The monoisotopic (exact) mass is 423 g/mol. The summed E-state index contributed by atoms with van der Waals surface area (Å²) in [7, 11) is 0. The van der Waals surface area contributed by atoms with Crippen molar-refractivity contribution >= 4 is 56.2 Å². The first-order valence-electron chi connectivity index (χ1n) is 6.91. The maximum atomic E-state index is 14.0. The number of furan rings is 1. The summed E-state index contributed by atoms with van der Waals surface area (Å²) >= 11 is 9.61. The Hall–Kier alpha value is -1.70. The highest BCUT2D eigenvalue weighted by Gasteiger charge is 2.31. The van der Waals surface area contributed by atoms with Gasteiger partial charge in [-0.2, -0.15) is 0 Å². The van der Waals surface area contributed by atoms with Gasteiger partial charge in [0, 0.05) is 17.1 Å². The van der Waals surface area contributed by atoms with Gasteiger partial charge >= 0.3 is 0 Å². The van der Waals surface area contributed by atoms with E-state index >= 15 is 0 Å². The molecule has 0 radical (unpaired) electrons. The Morgan fingerprint density at radius 1 is 1.38 bits per heavy atom.